The molecule has 0 spiro atoms. The number of benzene rings is 1. The molecule has 112 valence electrons. The predicted octanol–water partition coefficient (Wildman–Crippen LogP) is 2.26. The topological polar surface area (TPSA) is 44.4 Å². The van der Waals surface area contributed by atoms with Crippen molar-refractivity contribution < 1.29 is 4.79 Å². The fraction of sp³-hybridized carbons (Fsp3) is 0.562. The van der Waals surface area contributed by atoms with Gasteiger partial charge < -0.3 is 15.5 Å². The average molecular weight is 277 g/mol. The van der Waals surface area contributed by atoms with Crippen molar-refractivity contribution in [2.45, 2.75) is 26.7 Å². The molecule has 0 aliphatic carbocycles. The van der Waals surface area contributed by atoms with Gasteiger partial charge in [-0.05, 0) is 57.6 Å². The van der Waals surface area contributed by atoms with Crippen molar-refractivity contribution in [1.82, 2.24) is 10.6 Å². The van der Waals surface area contributed by atoms with Crippen LogP contribution in [0.3, 0.4) is 0 Å². The van der Waals surface area contributed by atoms with Crippen LogP contribution < -0.4 is 15.5 Å². The highest BCUT2D eigenvalue weighted by molar-refractivity contribution is 5.94. The molecule has 2 N–H and O–H groups in total. The Kier molecular flexibility index (Phi) is 7.73. The fourth-order valence-corrected chi connectivity index (χ4v) is 2.13. The molecule has 0 saturated carbocycles. The molecule has 0 fully saturated rings. The number of carbonyl (C=O) groups is 1. The number of hydrogen-bond donors (Lipinski definition) is 2. The molecule has 4 nitrogen and oxygen atoms in total. The lowest BCUT2D eigenvalue weighted by Crippen LogP contribution is -2.27. The number of nitrogens with zero attached hydrogens (tertiary/aromatic N) is 1. The first kappa shape index (κ1) is 16.5. The smallest absolute Gasteiger partial charge is 0.251 e. The number of hydrogen-bond acceptors (Lipinski definition) is 3. The second-order valence-electron chi connectivity index (χ2n) is 4.84. The SMILES string of the molecule is CCCN(CC)c1ccc(C(=O)NCCCNC)cc1. The van der Waals surface area contributed by atoms with Gasteiger partial charge in [0.25, 0.3) is 5.91 Å². The molecular formula is C16H27N3O. The van der Waals surface area contributed by atoms with E-state index < -0.39 is 0 Å². The normalized spacial score (nSPS) is 10.3. The van der Waals surface area contributed by atoms with Gasteiger partial charge in [0.2, 0.25) is 0 Å². The molecular weight excluding hydrogens is 250 g/mol. The van der Waals surface area contributed by atoms with Crippen molar-refractivity contribution in [3.63, 3.8) is 0 Å². The van der Waals surface area contributed by atoms with Gasteiger partial charge in [0, 0.05) is 30.9 Å². The van der Waals surface area contributed by atoms with Crippen LogP contribution in [0, 0.1) is 0 Å². The maximum Gasteiger partial charge on any atom is 0.251 e. The summed E-state index contributed by atoms with van der Waals surface area (Å²) in [7, 11) is 1.91. The van der Waals surface area contributed by atoms with Crippen LogP contribution in [0.15, 0.2) is 24.3 Å². The molecule has 1 aromatic rings. The highest BCUT2D eigenvalue weighted by Crippen LogP contribution is 2.15. The van der Waals surface area contributed by atoms with E-state index in [9.17, 15) is 4.79 Å². The Morgan fingerprint density at radius 1 is 1.15 bits per heavy atom. The summed E-state index contributed by atoms with van der Waals surface area (Å²) < 4.78 is 0. The maximum absolute atomic E-state index is 11.9. The first-order valence-electron chi connectivity index (χ1n) is 7.50. The van der Waals surface area contributed by atoms with Crippen molar-refractivity contribution in [2.24, 2.45) is 0 Å². The Labute approximate surface area is 122 Å². The molecule has 1 amide bonds. The van der Waals surface area contributed by atoms with Crippen LogP contribution in [-0.4, -0.2) is 39.1 Å². The van der Waals surface area contributed by atoms with Gasteiger partial charge in [-0.25, -0.2) is 0 Å². The highest BCUT2D eigenvalue weighted by Gasteiger charge is 2.07. The lowest BCUT2D eigenvalue weighted by atomic mass is 10.1. The van der Waals surface area contributed by atoms with Crippen LogP contribution in [0.25, 0.3) is 0 Å². The second kappa shape index (κ2) is 9.37. The molecule has 0 saturated heterocycles. The predicted molar refractivity (Wildman–Crippen MR) is 85.5 cm³/mol. The molecule has 20 heavy (non-hydrogen) atoms. The van der Waals surface area contributed by atoms with Gasteiger partial charge in [-0.1, -0.05) is 6.92 Å². The Bertz CT molecular complexity index is 389. The minimum Gasteiger partial charge on any atom is -0.372 e. The van der Waals surface area contributed by atoms with Crippen molar-refractivity contribution >= 4 is 11.6 Å². The van der Waals surface area contributed by atoms with Crippen LogP contribution in [0.5, 0.6) is 0 Å². The number of rotatable bonds is 9. The minimum atomic E-state index is 0.00573. The molecule has 1 rings (SSSR count). The van der Waals surface area contributed by atoms with Crippen molar-refractivity contribution in [2.75, 3.05) is 38.1 Å². The van der Waals surface area contributed by atoms with Gasteiger partial charge >= 0.3 is 0 Å². The van der Waals surface area contributed by atoms with E-state index >= 15 is 0 Å². The molecule has 0 bridgehead atoms. The van der Waals surface area contributed by atoms with E-state index in [1.807, 2.05) is 31.3 Å². The van der Waals surface area contributed by atoms with Crippen LogP contribution in [0.1, 0.15) is 37.0 Å². The van der Waals surface area contributed by atoms with Crippen molar-refractivity contribution in [3.05, 3.63) is 29.8 Å². The molecule has 0 heterocycles. The fourth-order valence-electron chi connectivity index (χ4n) is 2.13. The second-order valence-corrected chi connectivity index (χ2v) is 4.84. The van der Waals surface area contributed by atoms with Gasteiger partial charge in [-0.3, -0.25) is 4.79 Å². The van der Waals surface area contributed by atoms with Crippen molar-refractivity contribution in [1.29, 1.82) is 0 Å². The lowest BCUT2D eigenvalue weighted by Gasteiger charge is -2.22. The summed E-state index contributed by atoms with van der Waals surface area (Å²) in [4.78, 5) is 14.3. The molecule has 0 aliphatic heterocycles. The molecule has 0 atom stereocenters. The minimum absolute atomic E-state index is 0.00573. The van der Waals surface area contributed by atoms with E-state index in [0.717, 1.165) is 38.0 Å². The molecule has 0 aromatic heterocycles. The molecule has 0 radical (unpaired) electrons. The van der Waals surface area contributed by atoms with Gasteiger partial charge in [0.05, 0.1) is 0 Å². The van der Waals surface area contributed by atoms with E-state index in [1.54, 1.807) is 0 Å². The first-order chi connectivity index (χ1) is 9.72. The molecule has 1 aromatic carbocycles. The number of anilines is 1. The van der Waals surface area contributed by atoms with Crippen LogP contribution in [0.2, 0.25) is 0 Å². The third-order valence-corrected chi connectivity index (χ3v) is 3.26. The number of amides is 1. The third-order valence-electron chi connectivity index (χ3n) is 3.26. The summed E-state index contributed by atoms with van der Waals surface area (Å²) in [5.41, 5.74) is 1.91. The first-order valence-corrected chi connectivity index (χ1v) is 7.50. The van der Waals surface area contributed by atoms with Crippen molar-refractivity contribution in [3.8, 4) is 0 Å². The maximum atomic E-state index is 11.9. The van der Waals surface area contributed by atoms with Gasteiger partial charge in [0.1, 0.15) is 0 Å². The molecule has 4 heteroatoms. The quantitative estimate of drug-likeness (QED) is 0.681. The Morgan fingerprint density at radius 2 is 1.85 bits per heavy atom. The summed E-state index contributed by atoms with van der Waals surface area (Å²) in [5.74, 6) is 0.00573. The Hall–Kier alpha value is -1.55. The summed E-state index contributed by atoms with van der Waals surface area (Å²) in [5, 5.41) is 5.99. The summed E-state index contributed by atoms with van der Waals surface area (Å²) in [6.07, 6.45) is 2.07. The molecule has 0 unspecified atom stereocenters. The van der Waals surface area contributed by atoms with Gasteiger partial charge in [-0.2, -0.15) is 0 Å². The molecule has 0 aliphatic rings. The van der Waals surface area contributed by atoms with E-state index in [-0.39, 0.29) is 5.91 Å². The zero-order chi connectivity index (χ0) is 14.8. The van der Waals surface area contributed by atoms with Gasteiger partial charge in [-0.15, -0.1) is 0 Å². The lowest BCUT2D eigenvalue weighted by molar-refractivity contribution is 0.0953. The van der Waals surface area contributed by atoms with Crippen LogP contribution in [0.4, 0.5) is 5.69 Å². The Balaban J connectivity index is 2.54. The van der Waals surface area contributed by atoms with E-state index in [2.05, 4.69) is 29.4 Å². The largest absolute Gasteiger partial charge is 0.372 e. The monoisotopic (exact) mass is 277 g/mol. The van der Waals surface area contributed by atoms with E-state index in [4.69, 9.17) is 0 Å². The number of nitrogens with one attached hydrogen (secondary N) is 2. The summed E-state index contributed by atoms with van der Waals surface area (Å²) in [6, 6.07) is 7.87. The zero-order valence-electron chi connectivity index (χ0n) is 12.9. The van der Waals surface area contributed by atoms with E-state index in [0.29, 0.717) is 6.54 Å². The van der Waals surface area contributed by atoms with Crippen LogP contribution in [-0.2, 0) is 0 Å². The highest BCUT2D eigenvalue weighted by atomic mass is 16.1. The van der Waals surface area contributed by atoms with E-state index in [1.165, 1.54) is 5.69 Å². The third kappa shape index (κ3) is 5.21. The average Bonchev–Trinajstić information content (AvgIpc) is 2.49. The zero-order valence-corrected chi connectivity index (χ0v) is 12.9. The standard InChI is InChI=1S/C16H27N3O/c1-4-13-19(5-2)15-9-7-14(8-10-15)16(20)18-12-6-11-17-3/h7-10,17H,4-6,11-13H2,1-3H3,(H,18,20). The summed E-state index contributed by atoms with van der Waals surface area (Å²) >= 11 is 0. The number of carbonyl (C=O) groups excluding carboxylic acids is 1. The van der Waals surface area contributed by atoms with Crippen LogP contribution >= 0.6 is 0 Å². The summed E-state index contributed by atoms with van der Waals surface area (Å²) in [6.45, 7) is 7.99. The Morgan fingerprint density at radius 3 is 2.40 bits per heavy atom. The van der Waals surface area contributed by atoms with Gasteiger partial charge in [0.15, 0.2) is 0 Å².